The maximum absolute atomic E-state index is 5.45. The van der Waals surface area contributed by atoms with Crippen LogP contribution >= 0.6 is 24.0 Å². The van der Waals surface area contributed by atoms with Gasteiger partial charge in [0.2, 0.25) is 0 Å². The van der Waals surface area contributed by atoms with Gasteiger partial charge in [0.25, 0.3) is 0 Å². The quantitative estimate of drug-likeness (QED) is 0.303. The first-order valence-electron chi connectivity index (χ1n) is 8.69. The lowest BCUT2D eigenvalue weighted by atomic mass is 10.1. The molecule has 1 aromatic carbocycles. The van der Waals surface area contributed by atoms with E-state index >= 15 is 0 Å². The lowest BCUT2D eigenvalue weighted by molar-refractivity contribution is 0.181. The van der Waals surface area contributed by atoms with Crippen LogP contribution in [-0.4, -0.2) is 61.2 Å². The maximum atomic E-state index is 5.45. The number of hydrogen-bond acceptors (Lipinski definition) is 3. The molecule has 2 N–H and O–H groups in total. The van der Waals surface area contributed by atoms with Crippen molar-refractivity contribution in [3.8, 4) is 0 Å². The van der Waals surface area contributed by atoms with Crippen molar-refractivity contribution in [3.05, 3.63) is 30.1 Å². The third-order valence-corrected chi connectivity index (χ3v) is 4.44. The van der Waals surface area contributed by atoms with Gasteiger partial charge in [-0.1, -0.05) is 12.1 Å². The summed E-state index contributed by atoms with van der Waals surface area (Å²) in [5.41, 5.74) is 2.14. The first-order chi connectivity index (χ1) is 11.8. The number of nitrogens with zero attached hydrogens (tertiary/aromatic N) is 3. The minimum atomic E-state index is 0. The Balaban J connectivity index is 0.00000225. The fourth-order valence-electron chi connectivity index (χ4n) is 3.17. The zero-order valence-corrected chi connectivity index (χ0v) is 17.3. The Hall–Kier alpha value is -1.35. The molecule has 1 aliphatic rings. The standard InChI is InChI=1S/C18H27N5O.HI/c1-19-18(23(2)12-14-9-11-24-13-14)20-10-5-8-17-21-15-6-3-4-7-16(15)22-17;/h3-4,6-7,14H,5,8-13H2,1-2H3,(H,19,20)(H,21,22);1H. The fourth-order valence-corrected chi connectivity index (χ4v) is 3.17. The van der Waals surface area contributed by atoms with Crippen molar-refractivity contribution in [1.82, 2.24) is 20.2 Å². The van der Waals surface area contributed by atoms with Gasteiger partial charge in [-0.15, -0.1) is 24.0 Å². The predicted molar refractivity (Wildman–Crippen MR) is 113 cm³/mol. The Morgan fingerprint density at radius 1 is 1.44 bits per heavy atom. The molecule has 1 atom stereocenters. The molecule has 1 aromatic heterocycles. The molecule has 2 aromatic rings. The number of guanidine groups is 1. The maximum Gasteiger partial charge on any atom is 0.193 e. The van der Waals surface area contributed by atoms with Gasteiger partial charge >= 0.3 is 0 Å². The molecule has 25 heavy (non-hydrogen) atoms. The Bertz CT molecular complexity index is 648. The minimum absolute atomic E-state index is 0. The van der Waals surface area contributed by atoms with Crippen molar-refractivity contribution in [3.63, 3.8) is 0 Å². The number of aromatic nitrogens is 2. The molecule has 2 heterocycles. The van der Waals surface area contributed by atoms with Gasteiger partial charge in [0.1, 0.15) is 5.82 Å². The van der Waals surface area contributed by atoms with Crippen LogP contribution in [-0.2, 0) is 11.2 Å². The number of aryl methyl sites for hydroxylation is 1. The van der Waals surface area contributed by atoms with Gasteiger partial charge in [-0.2, -0.15) is 0 Å². The summed E-state index contributed by atoms with van der Waals surface area (Å²) in [5.74, 6) is 2.61. The molecule has 0 aliphatic carbocycles. The first-order valence-corrected chi connectivity index (χ1v) is 8.69. The molecule has 1 unspecified atom stereocenters. The zero-order chi connectivity index (χ0) is 16.8. The molecule has 1 fully saturated rings. The van der Waals surface area contributed by atoms with Crippen LogP contribution in [0, 0.1) is 5.92 Å². The summed E-state index contributed by atoms with van der Waals surface area (Å²) in [4.78, 5) is 14.6. The number of ether oxygens (including phenoxy) is 1. The third kappa shape index (κ3) is 5.57. The number of fused-ring (bicyclic) bond motifs is 1. The van der Waals surface area contributed by atoms with Gasteiger partial charge in [0, 0.05) is 46.1 Å². The van der Waals surface area contributed by atoms with E-state index in [9.17, 15) is 0 Å². The van der Waals surface area contributed by atoms with E-state index in [2.05, 4.69) is 38.3 Å². The first kappa shape index (κ1) is 20.0. The van der Waals surface area contributed by atoms with Crippen LogP contribution < -0.4 is 5.32 Å². The Kier molecular flexibility index (Phi) is 7.95. The zero-order valence-electron chi connectivity index (χ0n) is 15.0. The largest absolute Gasteiger partial charge is 0.381 e. The van der Waals surface area contributed by atoms with E-state index in [-0.39, 0.29) is 24.0 Å². The van der Waals surface area contributed by atoms with Crippen LogP contribution in [0.5, 0.6) is 0 Å². The average molecular weight is 457 g/mol. The van der Waals surface area contributed by atoms with E-state index in [4.69, 9.17) is 4.74 Å². The van der Waals surface area contributed by atoms with Crippen LogP contribution in [0.3, 0.4) is 0 Å². The van der Waals surface area contributed by atoms with E-state index < -0.39 is 0 Å². The number of para-hydroxylation sites is 2. The number of nitrogens with one attached hydrogen (secondary N) is 2. The molecule has 3 rings (SSSR count). The van der Waals surface area contributed by atoms with Gasteiger partial charge in [0.05, 0.1) is 17.6 Å². The molecule has 138 valence electrons. The highest BCUT2D eigenvalue weighted by Crippen LogP contribution is 2.13. The van der Waals surface area contributed by atoms with Crippen LogP contribution in [0.2, 0.25) is 0 Å². The Morgan fingerprint density at radius 3 is 3.00 bits per heavy atom. The molecular weight excluding hydrogens is 429 g/mol. The molecule has 1 saturated heterocycles. The number of benzene rings is 1. The van der Waals surface area contributed by atoms with Crippen LogP contribution in [0.15, 0.2) is 29.3 Å². The number of H-pyrrole nitrogens is 1. The van der Waals surface area contributed by atoms with Gasteiger partial charge < -0.3 is 19.9 Å². The minimum Gasteiger partial charge on any atom is -0.381 e. The van der Waals surface area contributed by atoms with Gasteiger partial charge in [-0.25, -0.2) is 4.98 Å². The highest BCUT2D eigenvalue weighted by atomic mass is 127. The van der Waals surface area contributed by atoms with E-state index in [1.807, 2.05) is 25.2 Å². The number of imidazole rings is 1. The number of rotatable bonds is 6. The second-order valence-electron chi connectivity index (χ2n) is 6.39. The van der Waals surface area contributed by atoms with Gasteiger partial charge in [-0.3, -0.25) is 4.99 Å². The van der Waals surface area contributed by atoms with Crippen molar-refractivity contribution in [2.45, 2.75) is 19.3 Å². The predicted octanol–water partition coefficient (Wildman–Crippen LogP) is 2.66. The monoisotopic (exact) mass is 457 g/mol. The topological polar surface area (TPSA) is 65.5 Å². The molecular formula is C18H28IN5O. The van der Waals surface area contributed by atoms with Crippen LogP contribution in [0.4, 0.5) is 0 Å². The SMILES string of the molecule is CN=C(NCCCc1nc2ccccc2[nH]1)N(C)CC1CCOC1.I. The summed E-state index contributed by atoms with van der Waals surface area (Å²) in [7, 11) is 3.93. The highest BCUT2D eigenvalue weighted by molar-refractivity contribution is 14.0. The number of hydrogen-bond donors (Lipinski definition) is 2. The molecule has 6 nitrogen and oxygen atoms in total. The summed E-state index contributed by atoms with van der Waals surface area (Å²) in [6.07, 6.45) is 3.09. The summed E-state index contributed by atoms with van der Waals surface area (Å²) in [6, 6.07) is 8.15. The molecule has 7 heteroatoms. The molecule has 0 spiro atoms. The molecule has 0 radical (unpaired) electrons. The lowest BCUT2D eigenvalue weighted by Gasteiger charge is -2.24. The molecule has 0 bridgehead atoms. The normalized spacial score (nSPS) is 17.5. The second kappa shape index (κ2) is 9.96. The van der Waals surface area contributed by atoms with E-state index in [1.54, 1.807) is 0 Å². The van der Waals surface area contributed by atoms with E-state index in [0.717, 1.165) is 68.4 Å². The van der Waals surface area contributed by atoms with Crippen molar-refractivity contribution in [2.24, 2.45) is 10.9 Å². The third-order valence-electron chi connectivity index (χ3n) is 4.44. The fraction of sp³-hybridized carbons (Fsp3) is 0.556. The summed E-state index contributed by atoms with van der Waals surface area (Å²) < 4.78 is 5.45. The smallest absolute Gasteiger partial charge is 0.193 e. The number of halogens is 1. The lowest BCUT2D eigenvalue weighted by Crippen LogP contribution is -2.41. The molecule has 1 aliphatic heterocycles. The van der Waals surface area contributed by atoms with Gasteiger partial charge in [-0.05, 0) is 25.0 Å². The highest BCUT2D eigenvalue weighted by Gasteiger charge is 2.18. The summed E-state index contributed by atoms with van der Waals surface area (Å²) in [5, 5.41) is 3.44. The van der Waals surface area contributed by atoms with Crippen LogP contribution in [0.25, 0.3) is 11.0 Å². The average Bonchev–Trinajstić information content (AvgIpc) is 3.23. The van der Waals surface area contributed by atoms with Crippen molar-refractivity contribution in [2.75, 3.05) is 40.4 Å². The molecule has 0 saturated carbocycles. The molecule has 0 amide bonds. The number of aromatic amines is 1. The van der Waals surface area contributed by atoms with Crippen molar-refractivity contribution < 1.29 is 4.74 Å². The van der Waals surface area contributed by atoms with E-state index in [0.29, 0.717) is 5.92 Å². The number of aliphatic imine (C=N–C) groups is 1. The second-order valence-corrected chi connectivity index (χ2v) is 6.39. The van der Waals surface area contributed by atoms with Crippen molar-refractivity contribution >= 4 is 41.0 Å². The summed E-state index contributed by atoms with van der Waals surface area (Å²) in [6.45, 7) is 3.63. The summed E-state index contributed by atoms with van der Waals surface area (Å²) >= 11 is 0. The van der Waals surface area contributed by atoms with Crippen LogP contribution in [0.1, 0.15) is 18.7 Å². The van der Waals surface area contributed by atoms with Crippen molar-refractivity contribution in [1.29, 1.82) is 0 Å². The van der Waals surface area contributed by atoms with Gasteiger partial charge in [0.15, 0.2) is 5.96 Å². The Morgan fingerprint density at radius 2 is 2.28 bits per heavy atom. The Labute approximate surface area is 166 Å². The van der Waals surface area contributed by atoms with E-state index in [1.165, 1.54) is 0 Å².